The van der Waals surface area contributed by atoms with Crippen molar-refractivity contribution < 1.29 is 0 Å². The zero-order chi connectivity index (χ0) is 37.5. The van der Waals surface area contributed by atoms with Crippen LogP contribution in [0.25, 0.3) is 109 Å². The van der Waals surface area contributed by atoms with Gasteiger partial charge in [0.15, 0.2) is 5.82 Å². The summed E-state index contributed by atoms with van der Waals surface area (Å²) in [6.45, 7) is 0. The van der Waals surface area contributed by atoms with Gasteiger partial charge in [-0.25, -0.2) is 9.97 Å². The molecule has 0 aliphatic heterocycles. The molecule has 0 bridgehead atoms. The predicted molar refractivity (Wildman–Crippen MR) is 240 cm³/mol. The number of aromatic nitrogens is 4. The van der Waals surface area contributed by atoms with Crippen molar-refractivity contribution in [3.05, 3.63) is 194 Å². The summed E-state index contributed by atoms with van der Waals surface area (Å²) in [6, 6.07) is 69.1. The number of nitrogens with zero attached hydrogens (tertiary/aromatic N) is 4. The highest BCUT2D eigenvalue weighted by Gasteiger charge is 2.26. The van der Waals surface area contributed by atoms with E-state index in [-0.39, 0.29) is 0 Å². The van der Waals surface area contributed by atoms with Crippen LogP contribution in [0.2, 0.25) is 0 Å². The zero-order valence-electron chi connectivity index (χ0n) is 30.7. The van der Waals surface area contributed by atoms with E-state index in [1.165, 1.54) is 63.8 Å². The second kappa shape index (κ2) is 12.6. The Balaban J connectivity index is 1.15. The number of para-hydroxylation sites is 3. The monoisotopic (exact) mass is 744 g/mol. The molecule has 0 N–H and O–H groups in total. The maximum absolute atomic E-state index is 5.13. The van der Waals surface area contributed by atoms with Gasteiger partial charge in [-0.3, -0.25) is 0 Å². The molecule has 0 saturated carbocycles. The second-order valence-electron chi connectivity index (χ2n) is 14.5. The molecule has 8 aromatic carbocycles. The van der Waals surface area contributed by atoms with Crippen molar-refractivity contribution in [2.24, 2.45) is 0 Å². The molecule has 0 fully saturated rings. The van der Waals surface area contributed by atoms with Crippen molar-refractivity contribution in [3.63, 3.8) is 0 Å². The van der Waals surface area contributed by atoms with Crippen LogP contribution in [0.1, 0.15) is 0 Å². The molecule has 4 heterocycles. The van der Waals surface area contributed by atoms with Crippen molar-refractivity contribution in [1.82, 2.24) is 19.1 Å². The van der Waals surface area contributed by atoms with Gasteiger partial charge in [0.25, 0.3) is 0 Å². The number of rotatable bonds is 5. The standard InChI is InChI=1S/C52H32N4S/c1-4-16-33(17-5-1)41-32-42(34-18-6-2-7-19-34)54-52(53-41)35-28-30-37(31-29-35)56-44-26-14-11-23-39(44)47-46-38-22-10-13-25-43(38)55(36-20-8-3-9-21-36)49(46)48-40-24-12-15-27-45(40)57-51(48)50(47)56/h1-32H. The Bertz CT molecular complexity index is 3430. The fraction of sp³-hybridized carbons (Fsp3) is 0. The summed E-state index contributed by atoms with van der Waals surface area (Å²) in [5.74, 6) is 0.700. The maximum atomic E-state index is 5.13. The molecule has 0 amide bonds. The summed E-state index contributed by atoms with van der Waals surface area (Å²) in [6.07, 6.45) is 0. The molecule has 266 valence electrons. The van der Waals surface area contributed by atoms with Gasteiger partial charge < -0.3 is 9.13 Å². The summed E-state index contributed by atoms with van der Waals surface area (Å²) < 4.78 is 7.53. The van der Waals surface area contributed by atoms with Crippen LogP contribution in [0.5, 0.6) is 0 Å². The van der Waals surface area contributed by atoms with Crippen LogP contribution >= 0.6 is 11.3 Å². The van der Waals surface area contributed by atoms with Gasteiger partial charge in [-0.05, 0) is 60.7 Å². The highest BCUT2D eigenvalue weighted by atomic mass is 32.1. The van der Waals surface area contributed by atoms with Gasteiger partial charge in [0, 0.05) is 65.1 Å². The maximum Gasteiger partial charge on any atom is 0.160 e. The first kappa shape index (κ1) is 32.0. The fourth-order valence-corrected chi connectivity index (χ4v) is 10.1. The van der Waals surface area contributed by atoms with Crippen LogP contribution in [0.3, 0.4) is 0 Å². The average Bonchev–Trinajstić information content (AvgIpc) is 3.95. The molecular formula is C52H32N4S. The minimum absolute atomic E-state index is 0.700. The lowest BCUT2D eigenvalue weighted by Crippen LogP contribution is -1.97. The van der Waals surface area contributed by atoms with Gasteiger partial charge in [0.05, 0.1) is 38.2 Å². The largest absolute Gasteiger partial charge is 0.309 e. The first-order valence-electron chi connectivity index (χ1n) is 19.3. The van der Waals surface area contributed by atoms with Crippen LogP contribution < -0.4 is 0 Å². The van der Waals surface area contributed by atoms with E-state index in [1.807, 2.05) is 23.5 Å². The van der Waals surface area contributed by atoms with Crippen molar-refractivity contribution in [2.45, 2.75) is 0 Å². The first-order valence-corrected chi connectivity index (χ1v) is 20.1. The molecule has 57 heavy (non-hydrogen) atoms. The van der Waals surface area contributed by atoms with Crippen molar-refractivity contribution >= 4 is 75.1 Å². The van der Waals surface area contributed by atoms with E-state index in [2.05, 4.69) is 191 Å². The molecular weight excluding hydrogens is 713 g/mol. The Labute approximate surface area is 332 Å². The summed E-state index contributed by atoms with van der Waals surface area (Å²) in [5.41, 5.74) is 12.0. The van der Waals surface area contributed by atoms with Gasteiger partial charge in [-0.2, -0.15) is 0 Å². The molecule has 0 atom stereocenters. The highest BCUT2D eigenvalue weighted by molar-refractivity contribution is 7.27. The summed E-state index contributed by atoms with van der Waals surface area (Å²) >= 11 is 1.89. The molecule has 12 rings (SSSR count). The van der Waals surface area contributed by atoms with Crippen LogP contribution in [0, 0.1) is 0 Å². The van der Waals surface area contributed by atoms with Crippen LogP contribution in [0.15, 0.2) is 194 Å². The molecule has 0 radical (unpaired) electrons. The van der Waals surface area contributed by atoms with E-state index in [1.54, 1.807) is 0 Å². The van der Waals surface area contributed by atoms with E-state index in [0.29, 0.717) is 5.82 Å². The van der Waals surface area contributed by atoms with Crippen LogP contribution in [-0.2, 0) is 0 Å². The SMILES string of the molecule is c1ccc(-c2cc(-c3ccccc3)nc(-c3ccc(-n4c5ccccc5c5c6c7ccccc7n(-c7ccccc7)c6c6c7ccccc7sc6c54)cc3)n2)cc1. The Kier molecular flexibility index (Phi) is 7.06. The highest BCUT2D eigenvalue weighted by Crippen LogP contribution is 2.51. The van der Waals surface area contributed by atoms with Crippen molar-refractivity contribution in [3.8, 4) is 45.3 Å². The Hall–Kier alpha value is -7.34. The van der Waals surface area contributed by atoms with Gasteiger partial charge >= 0.3 is 0 Å². The topological polar surface area (TPSA) is 35.6 Å². The normalized spacial score (nSPS) is 11.9. The van der Waals surface area contributed by atoms with Crippen LogP contribution in [-0.4, -0.2) is 19.1 Å². The summed E-state index contributed by atoms with van der Waals surface area (Å²) in [7, 11) is 0. The second-order valence-corrected chi connectivity index (χ2v) is 15.6. The number of thiophene rings is 1. The van der Waals surface area contributed by atoms with Gasteiger partial charge in [0.1, 0.15) is 0 Å². The smallest absolute Gasteiger partial charge is 0.160 e. The molecule has 4 nitrogen and oxygen atoms in total. The predicted octanol–water partition coefficient (Wildman–Crippen LogP) is 14.0. The summed E-state index contributed by atoms with van der Waals surface area (Å²) in [4.78, 5) is 10.3. The van der Waals surface area contributed by atoms with E-state index >= 15 is 0 Å². The number of benzene rings is 8. The zero-order valence-corrected chi connectivity index (χ0v) is 31.5. The van der Waals surface area contributed by atoms with Gasteiger partial charge in [0.2, 0.25) is 0 Å². The Morgan fingerprint density at radius 3 is 1.46 bits per heavy atom. The van der Waals surface area contributed by atoms with Gasteiger partial charge in [-0.1, -0.05) is 133 Å². The lowest BCUT2D eigenvalue weighted by molar-refractivity contribution is 1.17. The Morgan fingerprint density at radius 2 is 0.842 bits per heavy atom. The molecule has 4 aromatic heterocycles. The molecule has 0 saturated heterocycles. The fourth-order valence-electron chi connectivity index (χ4n) is 8.85. The third kappa shape index (κ3) is 4.86. The van der Waals surface area contributed by atoms with E-state index < -0.39 is 0 Å². The Morgan fingerprint density at radius 1 is 0.368 bits per heavy atom. The molecule has 0 aliphatic rings. The van der Waals surface area contributed by atoms with Crippen molar-refractivity contribution in [1.29, 1.82) is 0 Å². The van der Waals surface area contributed by atoms with Gasteiger partial charge in [-0.15, -0.1) is 11.3 Å². The molecule has 5 heteroatoms. The number of hydrogen-bond donors (Lipinski definition) is 0. The number of fused-ring (bicyclic) bond motifs is 12. The number of hydrogen-bond acceptors (Lipinski definition) is 3. The molecule has 0 spiro atoms. The minimum atomic E-state index is 0.700. The molecule has 0 aliphatic carbocycles. The third-order valence-corrected chi connectivity index (χ3v) is 12.5. The first-order chi connectivity index (χ1) is 28.3. The van der Waals surface area contributed by atoms with Crippen molar-refractivity contribution in [2.75, 3.05) is 0 Å². The van der Waals surface area contributed by atoms with E-state index in [0.717, 1.165) is 39.5 Å². The van der Waals surface area contributed by atoms with E-state index in [4.69, 9.17) is 9.97 Å². The van der Waals surface area contributed by atoms with Crippen LogP contribution in [0.4, 0.5) is 0 Å². The summed E-state index contributed by atoms with van der Waals surface area (Å²) in [5, 5.41) is 7.62. The lowest BCUT2D eigenvalue weighted by atomic mass is 10.0. The quantitative estimate of drug-likeness (QED) is 0.176. The van der Waals surface area contributed by atoms with E-state index in [9.17, 15) is 0 Å². The molecule has 0 unspecified atom stereocenters. The molecule has 12 aromatic rings. The lowest BCUT2D eigenvalue weighted by Gasteiger charge is -2.12. The minimum Gasteiger partial charge on any atom is -0.309 e. The average molecular weight is 745 g/mol. The third-order valence-electron chi connectivity index (χ3n) is 11.3.